The second-order valence-electron chi connectivity index (χ2n) is 6.02. The first-order valence-corrected chi connectivity index (χ1v) is 6.83. The molecule has 0 saturated heterocycles. The molecule has 9 heteroatoms. The molecule has 0 heterocycles. The standard InChI is InChI=1S/C14H23F2NO6/c1-12(2,3)23-11(20)17-13(4,10(19)22-6)14(15,16)8-7-9(18)21-5/h7-8H2,1-6H3,(H,17,20). The number of ether oxygens (including phenoxy) is 3. The van der Waals surface area contributed by atoms with Gasteiger partial charge in [-0.3, -0.25) is 4.79 Å². The highest BCUT2D eigenvalue weighted by Gasteiger charge is 2.58. The summed E-state index contributed by atoms with van der Waals surface area (Å²) in [5.41, 5.74) is -3.64. The molecule has 134 valence electrons. The number of carbonyl (C=O) groups excluding carboxylic acids is 3. The summed E-state index contributed by atoms with van der Waals surface area (Å²) in [6, 6.07) is 0. The van der Waals surface area contributed by atoms with Gasteiger partial charge in [-0.15, -0.1) is 0 Å². The van der Waals surface area contributed by atoms with Gasteiger partial charge in [0.25, 0.3) is 5.92 Å². The van der Waals surface area contributed by atoms with Crippen molar-refractivity contribution in [3.05, 3.63) is 0 Å². The topological polar surface area (TPSA) is 90.9 Å². The molecule has 23 heavy (non-hydrogen) atoms. The van der Waals surface area contributed by atoms with Crippen LogP contribution in [0.5, 0.6) is 0 Å². The first-order valence-electron chi connectivity index (χ1n) is 6.83. The number of methoxy groups -OCH3 is 2. The van der Waals surface area contributed by atoms with Gasteiger partial charge in [-0.1, -0.05) is 0 Å². The van der Waals surface area contributed by atoms with Gasteiger partial charge >= 0.3 is 18.0 Å². The van der Waals surface area contributed by atoms with E-state index in [9.17, 15) is 23.2 Å². The average molecular weight is 339 g/mol. The highest BCUT2D eigenvalue weighted by atomic mass is 19.3. The number of halogens is 2. The molecule has 0 aliphatic heterocycles. The zero-order valence-corrected chi connectivity index (χ0v) is 14.1. The number of hydrogen-bond donors (Lipinski definition) is 1. The number of alkyl halides is 2. The number of amides is 1. The summed E-state index contributed by atoms with van der Waals surface area (Å²) in [5, 5.41) is 1.84. The van der Waals surface area contributed by atoms with Crippen LogP contribution in [-0.4, -0.2) is 49.3 Å². The smallest absolute Gasteiger partial charge is 0.408 e. The lowest BCUT2D eigenvalue weighted by atomic mass is 9.90. The SMILES string of the molecule is COC(=O)CCC(F)(F)C(C)(NC(=O)OC(C)(C)C)C(=O)OC. The van der Waals surface area contributed by atoms with Crippen molar-refractivity contribution < 1.29 is 37.4 Å². The van der Waals surface area contributed by atoms with E-state index in [0.717, 1.165) is 21.1 Å². The van der Waals surface area contributed by atoms with Gasteiger partial charge < -0.3 is 19.5 Å². The van der Waals surface area contributed by atoms with Crippen LogP contribution in [0.1, 0.15) is 40.5 Å². The lowest BCUT2D eigenvalue weighted by Crippen LogP contribution is -2.64. The Morgan fingerprint density at radius 3 is 1.91 bits per heavy atom. The molecule has 0 aromatic heterocycles. The Morgan fingerprint density at radius 1 is 1.00 bits per heavy atom. The Labute approximate surface area is 133 Å². The first-order chi connectivity index (χ1) is 10.3. The third kappa shape index (κ3) is 5.99. The van der Waals surface area contributed by atoms with Crippen LogP contribution in [-0.2, 0) is 23.8 Å². The van der Waals surface area contributed by atoms with Gasteiger partial charge in [-0.05, 0) is 27.7 Å². The molecule has 0 aromatic carbocycles. The zero-order chi connectivity index (χ0) is 18.5. The highest BCUT2D eigenvalue weighted by Crippen LogP contribution is 2.34. The largest absolute Gasteiger partial charge is 0.469 e. The molecular formula is C14H23F2NO6. The lowest BCUT2D eigenvalue weighted by Gasteiger charge is -2.35. The lowest BCUT2D eigenvalue weighted by molar-refractivity contribution is -0.170. The Kier molecular flexibility index (Phi) is 6.93. The minimum atomic E-state index is -3.77. The number of hydrogen-bond acceptors (Lipinski definition) is 6. The van der Waals surface area contributed by atoms with Crippen LogP contribution in [0, 0.1) is 0 Å². The first kappa shape index (κ1) is 21.1. The van der Waals surface area contributed by atoms with E-state index in [4.69, 9.17) is 4.74 Å². The molecule has 0 saturated carbocycles. The summed E-state index contributed by atoms with van der Waals surface area (Å²) < 4.78 is 42.4. The van der Waals surface area contributed by atoms with Gasteiger partial charge in [0.1, 0.15) is 5.60 Å². The van der Waals surface area contributed by atoms with E-state index < -0.39 is 47.9 Å². The Morgan fingerprint density at radius 2 is 1.52 bits per heavy atom. The van der Waals surface area contributed by atoms with Gasteiger partial charge in [0.05, 0.1) is 20.6 Å². The van der Waals surface area contributed by atoms with Gasteiger partial charge in [-0.2, -0.15) is 0 Å². The van der Waals surface area contributed by atoms with Crippen molar-refractivity contribution in [1.82, 2.24) is 5.32 Å². The molecule has 0 aromatic rings. The monoisotopic (exact) mass is 339 g/mol. The second-order valence-corrected chi connectivity index (χ2v) is 6.02. The molecule has 1 N–H and O–H groups in total. The van der Waals surface area contributed by atoms with Crippen LogP contribution >= 0.6 is 0 Å². The molecular weight excluding hydrogens is 316 g/mol. The number of nitrogens with one attached hydrogen (secondary N) is 1. The zero-order valence-electron chi connectivity index (χ0n) is 14.1. The van der Waals surface area contributed by atoms with Crippen molar-refractivity contribution in [2.24, 2.45) is 0 Å². The molecule has 0 rings (SSSR count). The molecule has 1 amide bonds. The summed E-state index contributed by atoms with van der Waals surface area (Å²) in [6.07, 6.45) is -2.85. The van der Waals surface area contributed by atoms with E-state index in [1.54, 1.807) is 0 Å². The Hall–Kier alpha value is -1.93. The molecule has 7 nitrogen and oxygen atoms in total. The van der Waals surface area contributed by atoms with Crippen LogP contribution < -0.4 is 5.32 Å². The minimum absolute atomic E-state index is 0.633. The van der Waals surface area contributed by atoms with Crippen molar-refractivity contribution in [2.75, 3.05) is 14.2 Å². The summed E-state index contributed by atoms with van der Waals surface area (Å²) in [7, 11) is 1.96. The molecule has 1 atom stereocenters. The van der Waals surface area contributed by atoms with Crippen molar-refractivity contribution in [3.8, 4) is 0 Å². The van der Waals surface area contributed by atoms with Crippen LogP contribution in [0.15, 0.2) is 0 Å². The molecule has 0 spiro atoms. The minimum Gasteiger partial charge on any atom is -0.469 e. The maximum absolute atomic E-state index is 14.4. The number of carbonyl (C=O) groups is 3. The molecule has 0 radical (unpaired) electrons. The average Bonchev–Trinajstić information content (AvgIpc) is 2.41. The van der Waals surface area contributed by atoms with Gasteiger partial charge in [0.2, 0.25) is 5.54 Å². The van der Waals surface area contributed by atoms with Gasteiger partial charge in [0, 0.05) is 6.42 Å². The Bertz CT molecular complexity index is 461. The van der Waals surface area contributed by atoms with E-state index in [1.165, 1.54) is 20.8 Å². The molecule has 1 unspecified atom stereocenters. The van der Waals surface area contributed by atoms with Crippen molar-refractivity contribution in [2.45, 2.75) is 57.6 Å². The second kappa shape index (κ2) is 7.56. The van der Waals surface area contributed by atoms with Gasteiger partial charge in [0.15, 0.2) is 0 Å². The maximum Gasteiger partial charge on any atom is 0.408 e. The molecule has 0 bridgehead atoms. The van der Waals surface area contributed by atoms with E-state index in [-0.39, 0.29) is 0 Å². The third-order valence-electron chi connectivity index (χ3n) is 2.95. The summed E-state index contributed by atoms with van der Waals surface area (Å²) >= 11 is 0. The fourth-order valence-corrected chi connectivity index (χ4v) is 1.61. The molecule has 0 fully saturated rings. The predicted octanol–water partition coefficient (Wildman–Crippen LogP) is 2.03. The summed E-state index contributed by atoms with van der Waals surface area (Å²) in [4.78, 5) is 34.6. The van der Waals surface area contributed by atoms with E-state index >= 15 is 0 Å². The number of alkyl carbamates (subject to hydrolysis) is 1. The number of rotatable bonds is 6. The maximum atomic E-state index is 14.4. The van der Waals surface area contributed by atoms with Gasteiger partial charge in [-0.25, -0.2) is 18.4 Å². The number of esters is 2. The van der Waals surface area contributed by atoms with Crippen molar-refractivity contribution in [3.63, 3.8) is 0 Å². The Balaban J connectivity index is 5.34. The van der Waals surface area contributed by atoms with Crippen molar-refractivity contribution >= 4 is 18.0 Å². The fourth-order valence-electron chi connectivity index (χ4n) is 1.61. The van der Waals surface area contributed by atoms with Crippen LogP contribution in [0.2, 0.25) is 0 Å². The highest BCUT2D eigenvalue weighted by molar-refractivity contribution is 5.86. The van der Waals surface area contributed by atoms with E-state index in [1.807, 2.05) is 5.32 Å². The van der Waals surface area contributed by atoms with Crippen LogP contribution in [0.3, 0.4) is 0 Å². The summed E-state index contributed by atoms with van der Waals surface area (Å²) in [6.45, 7) is 5.42. The quantitative estimate of drug-likeness (QED) is 0.588. The third-order valence-corrected chi connectivity index (χ3v) is 2.95. The van der Waals surface area contributed by atoms with E-state index in [0.29, 0.717) is 0 Å². The van der Waals surface area contributed by atoms with Crippen molar-refractivity contribution in [1.29, 1.82) is 0 Å². The van der Waals surface area contributed by atoms with Crippen LogP contribution in [0.4, 0.5) is 13.6 Å². The fraction of sp³-hybridized carbons (Fsp3) is 0.786. The predicted molar refractivity (Wildman–Crippen MR) is 76.0 cm³/mol. The molecule has 0 aliphatic rings. The van der Waals surface area contributed by atoms with E-state index in [2.05, 4.69) is 9.47 Å². The molecule has 0 aliphatic carbocycles. The summed E-state index contributed by atoms with van der Waals surface area (Å²) in [5.74, 6) is -6.00. The van der Waals surface area contributed by atoms with Crippen LogP contribution in [0.25, 0.3) is 0 Å². The normalized spacial score (nSPS) is 14.4.